The van der Waals surface area contributed by atoms with Gasteiger partial charge in [0.05, 0.1) is 5.69 Å². The number of likely N-dealkylation sites (tertiary alicyclic amines) is 1. The van der Waals surface area contributed by atoms with E-state index in [1.165, 1.54) is 12.8 Å². The zero-order valence-electron chi connectivity index (χ0n) is 16.3. The minimum absolute atomic E-state index is 0.343. The van der Waals surface area contributed by atoms with Gasteiger partial charge in [0.1, 0.15) is 6.26 Å². The number of carbonyl (C=O) groups is 2. The Morgan fingerprint density at radius 2 is 2.08 bits per heavy atom. The molecule has 0 aromatic carbocycles. The van der Waals surface area contributed by atoms with Crippen LogP contribution in [0.25, 0.3) is 0 Å². The summed E-state index contributed by atoms with van der Waals surface area (Å²) in [7, 11) is 1.56. The Morgan fingerprint density at radius 1 is 1.50 bits per heavy atom. The summed E-state index contributed by atoms with van der Waals surface area (Å²) >= 11 is 0. The van der Waals surface area contributed by atoms with Gasteiger partial charge in [0, 0.05) is 32.1 Å². The molecule has 1 fully saturated rings. The molecule has 1 atom stereocenters. The van der Waals surface area contributed by atoms with Crippen LogP contribution in [0, 0.1) is 12.8 Å². The number of carbonyl (C=O) groups excluding carboxylic acids is 2. The quantitative estimate of drug-likeness (QED) is 0.855. The molecule has 140 valence electrons. The topological polar surface area (TPSA) is 75.4 Å². The van der Waals surface area contributed by atoms with E-state index >= 15 is 0 Å². The zero-order valence-corrected chi connectivity index (χ0v) is 16.3. The molecule has 2 amide bonds. The predicted octanol–water partition coefficient (Wildman–Crippen LogP) is 3.41. The van der Waals surface area contributed by atoms with Crippen LogP contribution in [-0.2, 0) is 9.59 Å². The molecular formula is C18H35N3O3. The molecule has 2 rings (SSSR count). The lowest BCUT2D eigenvalue weighted by molar-refractivity contribution is -0.132. The lowest BCUT2D eigenvalue weighted by atomic mass is 10.1. The lowest BCUT2D eigenvalue weighted by Gasteiger charge is -2.22. The van der Waals surface area contributed by atoms with Gasteiger partial charge < -0.3 is 14.7 Å². The minimum Gasteiger partial charge on any atom is -0.365 e. The molecule has 0 spiro atoms. The van der Waals surface area contributed by atoms with Crippen LogP contribution in [0.4, 0.5) is 0 Å². The van der Waals surface area contributed by atoms with Gasteiger partial charge in [0.15, 0.2) is 0 Å². The number of aromatic nitrogens is 1. The second-order valence-electron chi connectivity index (χ2n) is 5.72. The van der Waals surface area contributed by atoms with Crippen LogP contribution >= 0.6 is 0 Å². The normalized spacial score (nSPS) is 15.2. The molecule has 24 heavy (non-hydrogen) atoms. The molecule has 1 unspecified atom stereocenters. The van der Waals surface area contributed by atoms with E-state index in [0.717, 1.165) is 12.2 Å². The number of nitrogens with one attached hydrogen (secondary N) is 1. The highest BCUT2D eigenvalue weighted by atomic mass is 16.5. The van der Waals surface area contributed by atoms with Gasteiger partial charge in [0.25, 0.3) is 0 Å². The van der Waals surface area contributed by atoms with E-state index in [9.17, 15) is 4.79 Å². The molecule has 0 radical (unpaired) electrons. The van der Waals surface area contributed by atoms with Gasteiger partial charge in [0.2, 0.25) is 12.3 Å². The first-order valence-electron chi connectivity index (χ1n) is 8.69. The highest BCUT2D eigenvalue weighted by Gasteiger charge is 2.24. The lowest BCUT2D eigenvalue weighted by Crippen LogP contribution is -2.34. The number of hydrogen-bond donors (Lipinski definition) is 1. The summed E-state index contributed by atoms with van der Waals surface area (Å²) < 4.78 is 4.46. The van der Waals surface area contributed by atoms with Crippen LogP contribution in [0.1, 0.15) is 59.6 Å². The van der Waals surface area contributed by atoms with Crippen molar-refractivity contribution in [1.29, 1.82) is 0 Å². The zero-order chi connectivity index (χ0) is 19.0. The Bertz CT molecular complexity index is 406. The minimum atomic E-state index is 0.343. The van der Waals surface area contributed by atoms with E-state index in [1.54, 1.807) is 19.4 Å². The Hall–Kier alpha value is -1.85. The van der Waals surface area contributed by atoms with Gasteiger partial charge in [-0.1, -0.05) is 32.9 Å². The number of amides is 2. The molecule has 1 aliphatic rings. The van der Waals surface area contributed by atoms with E-state index in [0.29, 0.717) is 30.7 Å². The highest BCUT2D eigenvalue weighted by Crippen LogP contribution is 2.18. The summed E-state index contributed by atoms with van der Waals surface area (Å²) in [6.07, 6.45) is 5.26. The third-order valence-electron chi connectivity index (χ3n) is 3.14. The van der Waals surface area contributed by atoms with Crippen molar-refractivity contribution in [3.63, 3.8) is 0 Å². The van der Waals surface area contributed by atoms with Gasteiger partial charge >= 0.3 is 0 Å². The molecule has 1 aromatic heterocycles. The van der Waals surface area contributed by atoms with Crippen molar-refractivity contribution in [1.82, 2.24) is 15.4 Å². The molecule has 1 N–H and O–H groups in total. The van der Waals surface area contributed by atoms with Crippen LogP contribution in [0.3, 0.4) is 0 Å². The summed E-state index contributed by atoms with van der Waals surface area (Å²) in [5.41, 5.74) is 0.926. The molecule has 6 heteroatoms. The molecule has 2 heterocycles. The van der Waals surface area contributed by atoms with E-state index < -0.39 is 0 Å². The number of rotatable bonds is 3. The molecule has 1 aliphatic heterocycles. The number of nitrogens with zero attached hydrogens (tertiary/aromatic N) is 2. The first kappa shape index (κ1) is 24.4. The second kappa shape index (κ2) is 16.0. The molecule has 1 saturated heterocycles. The fourth-order valence-corrected chi connectivity index (χ4v) is 2.04. The summed E-state index contributed by atoms with van der Waals surface area (Å²) in [4.78, 5) is 22.7. The monoisotopic (exact) mass is 341 g/mol. The molecule has 6 nitrogen and oxygen atoms in total. The van der Waals surface area contributed by atoms with Crippen molar-refractivity contribution in [2.24, 2.45) is 5.92 Å². The van der Waals surface area contributed by atoms with Crippen LogP contribution < -0.4 is 5.32 Å². The van der Waals surface area contributed by atoms with Crippen molar-refractivity contribution in [3.05, 3.63) is 18.0 Å². The molecule has 0 bridgehead atoms. The van der Waals surface area contributed by atoms with Gasteiger partial charge in [-0.15, -0.1) is 0 Å². The number of aryl methyl sites for hydroxylation is 1. The maximum absolute atomic E-state index is 11.6. The SMILES string of the molecule is CC.CC(C)CC(=O)N1CCCC1C.CNC=O.Cc1ccon1. The van der Waals surface area contributed by atoms with Crippen LogP contribution in [0.5, 0.6) is 0 Å². The van der Waals surface area contributed by atoms with Crippen molar-refractivity contribution in [2.45, 2.75) is 66.8 Å². The first-order valence-corrected chi connectivity index (χ1v) is 8.69. The van der Waals surface area contributed by atoms with Crippen molar-refractivity contribution in [3.8, 4) is 0 Å². The third kappa shape index (κ3) is 12.7. The number of hydrogen-bond acceptors (Lipinski definition) is 4. The summed E-state index contributed by atoms with van der Waals surface area (Å²) in [5.74, 6) is 0.834. The smallest absolute Gasteiger partial charge is 0.223 e. The van der Waals surface area contributed by atoms with Crippen molar-refractivity contribution in [2.75, 3.05) is 13.6 Å². The van der Waals surface area contributed by atoms with E-state index in [4.69, 9.17) is 4.79 Å². The summed E-state index contributed by atoms with van der Waals surface area (Å²) in [6, 6.07) is 2.29. The Labute approximate surface area is 147 Å². The second-order valence-corrected chi connectivity index (χ2v) is 5.72. The van der Waals surface area contributed by atoms with Crippen molar-refractivity contribution >= 4 is 12.3 Å². The van der Waals surface area contributed by atoms with Gasteiger partial charge in [-0.3, -0.25) is 9.59 Å². The largest absolute Gasteiger partial charge is 0.365 e. The van der Waals surface area contributed by atoms with E-state index in [2.05, 4.69) is 35.8 Å². The Morgan fingerprint density at radius 3 is 2.33 bits per heavy atom. The fourth-order valence-electron chi connectivity index (χ4n) is 2.04. The van der Waals surface area contributed by atoms with Crippen LogP contribution in [0.15, 0.2) is 16.9 Å². The first-order chi connectivity index (χ1) is 11.4. The summed E-state index contributed by atoms with van der Waals surface area (Å²) in [6.45, 7) is 13.2. The molecular weight excluding hydrogens is 306 g/mol. The molecule has 1 aromatic rings. The van der Waals surface area contributed by atoms with Crippen LogP contribution in [-0.4, -0.2) is 42.0 Å². The predicted molar refractivity (Wildman–Crippen MR) is 97.6 cm³/mol. The van der Waals surface area contributed by atoms with Gasteiger partial charge in [-0.25, -0.2) is 0 Å². The van der Waals surface area contributed by atoms with Gasteiger partial charge in [-0.2, -0.15) is 0 Å². The Balaban J connectivity index is 0. The summed E-state index contributed by atoms with van der Waals surface area (Å²) in [5, 5.41) is 5.79. The van der Waals surface area contributed by atoms with Crippen LogP contribution in [0.2, 0.25) is 0 Å². The third-order valence-corrected chi connectivity index (χ3v) is 3.14. The average Bonchev–Trinajstić information content (AvgIpc) is 3.20. The van der Waals surface area contributed by atoms with E-state index in [1.807, 2.05) is 25.7 Å². The Kier molecular flexibility index (Phi) is 16.3. The highest BCUT2D eigenvalue weighted by molar-refractivity contribution is 5.76. The maximum atomic E-state index is 11.6. The average molecular weight is 341 g/mol. The maximum Gasteiger partial charge on any atom is 0.223 e. The van der Waals surface area contributed by atoms with Gasteiger partial charge in [-0.05, 0) is 32.6 Å². The standard InChI is InChI=1S/C10H19NO.C4H5NO.C2H5NO.C2H6/c1-8(2)7-10(12)11-6-4-5-9(11)3;1-4-2-3-6-5-4;1-3-2-4;1-2/h8-9H,4-7H2,1-3H3;2-3H,1H3;2H,1H3,(H,3,4);1-2H3. The van der Waals surface area contributed by atoms with E-state index in [-0.39, 0.29) is 0 Å². The molecule has 0 saturated carbocycles. The van der Waals surface area contributed by atoms with Crippen molar-refractivity contribution < 1.29 is 14.1 Å². The molecule has 0 aliphatic carbocycles. The fraction of sp³-hybridized carbons (Fsp3) is 0.722.